The van der Waals surface area contributed by atoms with Crippen LogP contribution in [0.15, 0.2) is 52.7 Å². The molecule has 0 N–H and O–H groups in total. The molecule has 0 amide bonds. The number of aldehydes is 1. The minimum Gasteiger partial charge on any atom is -0.298 e. The monoisotopic (exact) mass is 451 g/mol. The fourth-order valence-electron chi connectivity index (χ4n) is 4.03. The van der Waals surface area contributed by atoms with Crippen LogP contribution in [0.1, 0.15) is 43.4 Å². The lowest BCUT2D eigenvalue weighted by Crippen LogP contribution is -2.30. The van der Waals surface area contributed by atoms with Crippen molar-refractivity contribution in [1.82, 2.24) is 4.98 Å². The second-order valence-electron chi connectivity index (χ2n) is 7.03. The number of halogens is 3. The molecule has 1 aliphatic carbocycles. The predicted octanol–water partition coefficient (Wildman–Crippen LogP) is 6.82. The molecule has 0 aliphatic heterocycles. The molecule has 2 nitrogen and oxygen atoms in total. The second kappa shape index (κ2) is 8.24. The van der Waals surface area contributed by atoms with Crippen LogP contribution in [0.3, 0.4) is 0 Å². The molecule has 3 atom stereocenters. The third kappa shape index (κ3) is 3.90. The minimum absolute atomic E-state index is 0.0759. The SMILES string of the molecule is CC(C)C1C(C=O)=CCC(c2ccc(Cl)cc2Cl)C1c1ccc(Br)cn1. The summed E-state index contributed by atoms with van der Waals surface area (Å²) in [4.78, 5) is 16.4. The third-order valence-corrected chi connectivity index (χ3v) is 6.15. The van der Waals surface area contributed by atoms with Crippen LogP contribution in [-0.4, -0.2) is 11.3 Å². The average Bonchev–Trinajstić information content (AvgIpc) is 2.61. The average molecular weight is 453 g/mol. The predicted molar refractivity (Wildman–Crippen MR) is 111 cm³/mol. The van der Waals surface area contributed by atoms with Crippen molar-refractivity contribution in [2.24, 2.45) is 11.8 Å². The molecule has 3 unspecified atom stereocenters. The van der Waals surface area contributed by atoms with E-state index in [4.69, 9.17) is 23.2 Å². The summed E-state index contributed by atoms with van der Waals surface area (Å²) >= 11 is 16.1. The van der Waals surface area contributed by atoms with E-state index in [1.165, 1.54) is 0 Å². The molecule has 0 bridgehead atoms. The lowest BCUT2D eigenvalue weighted by molar-refractivity contribution is -0.105. The molecule has 0 saturated carbocycles. The largest absolute Gasteiger partial charge is 0.298 e. The van der Waals surface area contributed by atoms with Gasteiger partial charge in [0.25, 0.3) is 0 Å². The first kappa shape index (κ1) is 19.6. The fraction of sp³-hybridized carbons (Fsp3) is 0.333. The summed E-state index contributed by atoms with van der Waals surface area (Å²) in [5.41, 5.74) is 2.89. The molecule has 1 aliphatic rings. The van der Waals surface area contributed by atoms with E-state index in [9.17, 15) is 4.79 Å². The lowest BCUT2D eigenvalue weighted by Gasteiger charge is -2.39. The highest BCUT2D eigenvalue weighted by atomic mass is 79.9. The summed E-state index contributed by atoms with van der Waals surface area (Å²) in [6, 6.07) is 9.69. The summed E-state index contributed by atoms with van der Waals surface area (Å²) in [5.74, 6) is 0.610. The van der Waals surface area contributed by atoms with Crippen molar-refractivity contribution in [3.8, 4) is 0 Å². The molecule has 0 spiro atoms. The number of aromatic nitrogens is 1. The molecular formula is C21H20BrCl2NO. The van der Waals surface area contributed by atoms with Crippen molar-refractivity contribution in [3.63, 3.8) is 0 Å². The quantitative estimate of drug-likeness (QED) is 0.476. The highest BCUT2D eigenvalue weighted by Crippen LogP contribution is 2.50. The first-order valence-electron chi connectivity index (χ1n) is 8.64. The van der Waals surface area contributed by atoms with Crippen LogP contribution < -0.4 is 0 Å². The molecule has 0 radical (unpaired) electrons. The molecule has 1 aromatic heterocycles. The van der Waals surface area contributed by atoms with Gasteiger partial charge in [-0.25, -0.2) is 0 Å². The zero-order chi connectivity index (χ0) is 18.8. The lowest BCUT2D eigenvalue weighted by atomic mass is 9.64. The van der Waals surface area contributed by atoms with E-state index in [2.05, 4.69) is 40.8 Å². The van der Waals surface area contributed by atoms with Gasteiger partial charge in [0, 0.05) is 32.3 Å². The van der Waals surface area contributed by atoms with Crippen molar-refractivity contribution in [3.05, 3.63) is 74.0 Å². The number of rotatable bonds is 4. The highest BCUT2D eigenvalue weighted by molar-refractivity contribution is 9.10. The van der Waals surface area contributed by atoms with Gasteiger partial charge in [-0.2, -0.15) is 0 Å². The topological polar surface area (TPSA) is 30.0 Å². The van der Waals surface area contributed by atoms with Gasteiger partial charge in [-0.1, -0.05) is 49.2 Å². The van der Waals surface area contributed by atoms with Gasteiger partial charge >= 0.3 is 0 Å². The van der Waals surface area contributed by atoms with E-state index in [-0.39, 0.29) is 17.8 Å². The molecule has 1 heterocycles. The number of carbonyl (C=O) groups excluding carboxylic acids is 1. The maximum atomic E-state index is 11.7. The van der Waals surface area contributed by atoms with E-state index in [1.54, 1.807) is 6.07 Å². The number of benzene rings is 1. The molecule has 0 fully saturated rings. The fourth-order valence-corrected chi connectivity index (χ4v) is 4.81. The van der Waals surface area contributed by atoms with Gasteiger partial charge in [0.05, 0.1) is 0 Å². The number of carbonyl (C=O) groups is 1. The van der Waals surface area contributed by atoms with Crippen LogP contribution in [0, 0.1) is 11.8 Å². The maximum Gasteiger partial charge on any atom is 0.146 e. The summed E-state index contributed by atoms with van der Waals surface area (Å²) in [5, 5.41) is 1.28. The molecule has 1 aromatic carbocycles. The van der Waals surface area contributed by atoms with Gasteiger partial charge in [-0.15, -0.1) is 0 Å². The molecule has 0 saturated heterocycles. The van der Waals surface area contributed by atoms with Gasteiger partial charge in [-0.05, 0) is 75.5 Å². The van der Waals surface area contributed by atoms with Gasteiger partial charge in [0.1, 0.15) is 6.29 Å². The number of allylic oxidation sites excluding steroid dienone is 2. The summed E-state index contributed by atoms with van der Waals surface area (Å²) in [6.45, 7) is 4.30. The van der Waals surface area contributed by atoms with Gasteiger partial charge in [-0.3, -0.25) is 9.78 Å². The normalized spacial score (nSPS) is 23.0. The minimum atomic E-state index is 0.0759. The van der Waals surface area contributed by atoms with E-state index >= 15 is 0 Å². The molecule has 26 heavy (non-hydrogen) atoms. The number of hydrogen-bond donors (Lipinski definition) is 0. The van der Waals surface area contributed by atoms with Crippen LogP contribution in [-0.2, 0) is 4.79 Å². The van der Waals surface area contributed by atoms with E-state index in [0.717, 1.165) is 34.0 Å². The zero-order valence-electron chi connectivity index (χ0n) is 14.6. The van der Waals surface area contributed by atoms with Crippen molar-refractivity contribution in [2.75, 3.05) is 0 Å². The second-order valence-corrected chi connectivity index (χ2v) is 8.79. The highest BCUT2D eigenvalue weighted by Gasteiger charge is 2.39. The van der Waals surface area contributed by atoms with Gasteiger partial charge in [0.15, 0.2) is 0 Å². The Bertz CT molecular complexity index is 832. The van der Waals surface area contributed by atoms with E-state index in [0.29, 0.717) is 16.0 Å². The molecule has 136 valence electrons. The Labute approximate surface area is 172 Å². The first-order valence-corrected chi connectivity index (χ1v) is 10.2. The summed E-state index contributed by atoms with van der Waals surface area (Å²) < 4.78 is 0.936. The van der Waals surface area contributed by atoms with Crippen LogP contribution in [0.2, 0.25) is 10.0 Å². The van der Waals surface area contributed by atoms with Gasteiger partial charge < -0.3 is 0 Å². The third-order valence-electron chi connectivity index (χ3n) is 5.12. The Morgan fingerprint density at radius 2 is 2.00 bits per heavy atom. The molecule has 3 rings (SSSR count). The van der Waals surface area contributed by atoms with Gasteiger partial charge in [0.2, 0.25) is 0 Å². The van der Waals surface area contributed by atoms with E-state index in [1.807, 2.05) is 30.5 Å². The van der Waals surface area contributed by atoms with Crippen molar-refractivity contribution >= 4 is 45.4 Å². The van der Waals surface area contributed by atoms with Crippen molar-refractivity contribution < 1.29 is 4.79 Å². The smallest absolute Gasteiger partial charge is 0.146 e. The standard InChI is InChI=1S/C21H20BrCl2NO/c1-12(2)20-13(11-26)3-6-17(16-7-5-15(23)9-18(16)24)21(20)19-8-4-14(22)10-25-19/h3-5,7-12,17,20-21H,6H2,1-2H3. The Morgan fingerprint density at radius 1 is 1.23 bits per heavy atom. The molecular weight excluding hydrogens is 433 g/mol. The van der Waals surface area contributed by atoms with E-state index < -0.39 is 0 Å². The number of hydrogen-bond acceptors (Lipinski definition) is 2. The Kier molecular flexibility index (Phi) is 6.21. The van der Waals surface area contributed by atoms with Crippen LogP contribution in [0.25, 0.3) is 0 Å². The molecule has 2 aromatic rings. The van der Waals surface area contributed by atoms with Crippen LogP contribution in [0.5, 0.6) is 0 Å². The Hall–Kier alpha value is -1.16. The van der Waals surface area contributed by atoms with Crippen molar-refractivity contribution in [1.29, 1.82) is 0 Å². The molecule has 5 heteroatoms. The zero-order valence-corrected chi connectivity index (χ0v) is 17.7. The first-order chi connectivity index (χ1) is 12.4. The number of pyridine rings is 1. The summed E-state index contributed by atoms with van der Waals surface area (Å²) in [6.07, 6.45) is 5.62. The number of nitrogens with zero attached hydrogens (tertiary/aromatic N) is 1. The maximum absolute atomic E-state index is 11.7. The van der Waals surface area contributed by atoms with Crippen LogP contribution in [0.4, 0.5) is 0 Å². The summed E-state index contributed by atoms with van der Waals surface area (Å²) in [7, 11) is 0. The van der Waals surface area contributed by atoms with Crippen LogP contribution >= 0.6 is 39.1 Å². The van der Waals surface area contributed by atoms with Crippen molar-refractivity contribution in [2.45, 2.75) is 32.1 Å². The Balaban J connectivity index is 2.15. The Morgan fingerprint density at radius 3 is 2.58 bits per heavy atom.